The van der Waals surface area contributed by atoms with Crippen LogP contribution in [0.2, 0.25) is 0 Å². The highest BCUT2D eigenvalue weighted by Gasteiger charge is 2.01. The molecule has 0 atom stereocenters. The summed E-state index contributed by atoms with van der Waals surface area (Å²) in [5.41, 5.74) is 3.27. The van der Waals surface area contributed by atoms with Crippen molar-refractivity contribution < 1.29 is 0 Å². The highest BCUT2D eigenvalue weighted by molar-refractivity contribution is 7.07. The zero-order valence-electron chi connectivity index (χ0n) is 11.1. The third-order valence-corrected chi connectivity index (χ3v) is 4.08. The third kappa shape index (κ3) is 2.67. The van der Waals surface area contributed by atoms with Gasteiger partial charge in [0, 0.05) is 13.1 Å². The van der Waals surface area contributed by atoms with Gasteiger partial charge >= 0.3 is 0 Å². The van der Waals surface area contributed by atoms with Crippen LogP contribution in [0.25, 0.3) is 12.2 Å². The van der Waals surface area contributed by atoms with E-state index in [0.717, 1.165) is 16.7 Å². The number of hydrogen-bond acceptors (Lipinski definition) is 3. The van der Waals surface area contributed by atoms with E-state index in [1.54, 1.807) is 7.05 Å². The van der Waals surface area contributed by atoms with E-state index < -0.39 is 0 Å². The van der Waals surface area contributed by atoms with E-state index in [1.165, 1.54) is 22.0 Å². The molecule has 0 fully saturated rings. The molecule has 4 heteroatoms. The molecule has 0 aliphatic heterocycles. The van der Waals surface area contributed by atoms with Crippen LogP contribution in [-0.2, 0) is 7.05 Å². The minimum atomic E-state index is -0.0626. The summed E-state index contributed by atoms with van der Waals surface area (Å²) in [5, 5.41) is 8.69. The van der Waals surface area contributed by atoms with Crippen LogP contribution < -0.4 is 14.8 Å². The molecular weight excluding hydrogens is 256 g/mol. The van der Waals surface area contributed by atoms with Gasteiger partial charge in [0.15, 0.2) is 0 Å². The van der Waals surface area contributed by atoms with Gasteiger partial charge < -0.3 is 4.57 Å². The first-order chi connectivity index (χ1) is 9.02. The first-order valence-corrected chi connectivity index (χ1v) is 6.69. The van der Waals surface area contributed by atoms with Gasteiger partial charge in [0.2, 0.25) is 0 Å². The fourth-order valence-corrected chi connectivity index (χ4v) is 2.79. The van der Waals surface area contributed by atoms with Crippen LogP contribution in [0.5, 0.6) is 0 Å². The van der Waals surface area contributed by atoms with Crippen LogP contribution in [-0.4, -0.2) is 4.57 Å². The molecule has 19 heavy (non-hydrogen) atoms. The molecule has 1 heterocycles. The standard InChI is InChI=1S/C15H14N2OS/c1-10-4-5-11(2)12(8-10)9-13-15(18)17(3)14(19-13)6-7-16/h4-6,8-9H,1-3H3/b13-9-,14-6-. The maximum absolute atomic E-state index is 12.1. The zero-order chi connectivity index (χ0) is 14.0. The zero-order valence-corrected chi connectivity index (χ0v) is 11.9. The summed E-state index contributed by atoms with van der Waals surface area (Å²) in [5.74, 6) is 0. The van der Waals surface area contributed by atoms with Gasteiger partial charge in [-0.15, -0.1) is 11.3 Å². The summed E-state index contributed by atoms with van der Waals surface area (Å²) in [6.07, 6.45) is 3.29. The van der Waals surface area contributed by atoms with E-state index in [2.05, 4.69) is 6.07 Å². The Balaban J connectivity index is 2.73. The Morgan fingerprint density at radius 3 is 2.79 bits per heavy atom. The van der Waals surface area contributed by atoms with Crippen LogP contribution in [0.4, 0.5) is 0 Å². The van der Waals surface area contributed by atoms with Crippen molar-refractivity contribution in [3.63, 3.8) is 0 Å². The third-order valence-electron chi connectivity index (χ3n) is 2.97. The van der Waals surface area contributed by atoms with E-state index in [1.807, 2.05) is 38.1 Å². The van der Waals surface area contributed by atoms with Gasteiger partial charge in [0.1, 0.15) is 4.66 Å². The van der Waals surface area contributed by atoms with Gasteiger partial charge in [-0.1, -0.05) is 23.8 Å². The number of nitrogens with zero attached hydrogens (tertiary/aromatic N) is 2. The van der Waals surface area contributed by atoms with Crippen LogP contribution in [0.3, 0.4) is 0 Å². The van der Waals surface area contributed by atoms with Crippen molar-refractivity contribution >= 4 is 23.5 Å². The molecule has 0 aliphatic carbocycles. The Hall–Kier alpha value is -2.12. The summed E-state index contributed by atoms with van der Waals surface area (Å²) >= 11 is 1.34. The topological polar surface area (TPSA) is 45.8 Å². The van der Waals surface area contributed by atoms with Crippen molar-refractivity contribution in [1.29, 1.82) is 5.26 Å². The van der Waals surface area contributed by atoms with Gasteiger partial charge in [0.05, 0.1) is 10.6 Å². The van der Waals surface area contributed by atoms with Crippen molar-refractivity contribution in [2.24, 2.45) is 7.05 Å². The van der Waals surface area contributed by atoms with E-state index in [4.69, 9.17) is 5.26 Å². The van der Waals surface area contributed by atoms with Crippen molar-refractivity contribution in [2.45, 2.75) is 13.8 Å². The quantitative estimate of drug-likeness (QED) is 0.781. The Morgan fingerprint density at radius 1 is 1.37 bits per heavy atom. The van der Waals surface area contributed by atoms with Gasteiger partial charge in [-0.25, -0.2) is 0 Å². The van der Waals surface area contributed by atoms with Gasteiger partial charge in [-0.2, -0.15) is 5.26 Å². The second kappa shape index (κ2) is 5.25. The Labute approximate surface area is 115 Å². The number of nitriles is 1. The molecule has 1 aromatic carbocycles. The first kappa shape index (κ1) is 13.3. The average Bonchev–Trinajstić information content (AvgIpc) is 2.63. The van der Waals surface area contributed by atoms with Crippen LogP contribution in [0.1, 0.15) is 16.7 Å². The van der Waals surface area contributed by atoms with E-state index >= 15 is 0 Å². The Kier molecular flexibility index (Phi) is 3.68. The molecule has 0 N–H and O–H groups in total. The molecule has 96 valence electrons. The van der Waals surface area contributed by atoms with Gasteiger partial charge in [-0.3, -0.25) is 4.79 Å². The van der Waals surface area contributed by atoms with Crippen molar-refractivity contribution in [3.05, 3.63) is 54.4 Å². The number of rotatable bonds is 1. The fourth-order valence-electron chi connectivity index (χ4n) is 1.82. The van der Waals surface area contributed by atoms with E-state index in [0.29, 0.717) is 9.20 Å². The molecule has 0 bridgehead atoms. The van der Waals surface area contributed by atoms with Crippen molar-refractivity contribution in [2.75, 3.05) is 0 Å². The number of aryl methyl sites for hydroxylation is 2. The predicted molar refractivity (Wildman–Crippen MR) is 78.4 cm³/mol. The lowest BCUT2D eigenvalue weighted by Gasteiger charge is -2.00. The average molecular weight is 270 g/mol. The molecule has 2 aromatic rings. The normalized spacial score (nSPS) is 12.7. The van der Waals surface area contributed by atoms with Gasteiger partial charge in [-0.05, 0) is 31.1 Å². The first-order valence-electron chi connectivity index (χ1n) is 5.87. The molecule has 2 rings (SSSR count). The van der Waals surface area contributed by atoms with E-state index in [9.17, 15) is 4.79 Å². The second-order valence-electron chi connectivity index (χ2n) is 4.45. The lowest BCUT2D eigenvalue weighted by atomic mass is 10.1. The molecule has 1 aromatic heterocycles. The molecular formula is C15H14N2OS. The summed E-state index contributed by atoms with van der Waals surface area (Å²) in [6, 6.07) is 8.11. The lowest BCUT2D eigenvalue weighted by Crippen LogP contribution is -2.28. The number of benzene rings is 1. The van der Waals surface area contributed by atoms with Crippen LogP contribution in [0, 0.1) is 25.2 Å². The van der Waals surface area contributed by atoms with Crippen molar-refractivity contribution in [1.82, 2.24) is 4.57 Å². The highest BCUT2D eigenvalue weighted by Crippen LogP contribution is 2.10. The van der Waals surface area contributed by atoms with Gasteiger partial charge in [0.25, 0.3) is 5.56 Å². The lowest BCUT2D eigenvalue weighted by molar-refractivity contribution is 0.857. The molecule has 0 amide bonds. The monoisotopic (exact) mass is 270 g/mol. The highest BCUT2D eigenvalue weighted by atomic mass is 32.1. The van der Waals surface area contributed by atoms with Crippen molar-refractivity contribution in [3.8, 4) is 6.07 Å². The maximum Gasteiger partial charge on any atom is 0.268 e. The Bertz CT molecular complexity index is 834. The molecule has 0 radical (unpaired) electrons. The number of thiazole rings is 1. The fraction of sp³-hybridized carbons (Fsp3) is 0.200. The Morgan fingerprint density at radius 2 is 2.11 bits per heavy atom. The summed E-state index contributed by atoms with van der Waals surface area (Å²) in [7, 11) is 1.68. The molecule has 0 saturated carbocycles. The molecule has 0 spiro atoms. The molecule has 0 unspecified atom stereocenters. The maximum atomic E-state index is 12.1. The summed E-state index contributed by atoms with van der Waals surface area (Å²) < 4.78 is 2.83. The summed E-state index contributed by atoms with van der Waals surface area (Å²) in [6.45, 7) is 4.05. The summed E-state index contributed by atoms with van der Waals surface area (Å²) in [4.78, 5) is 12.1. The smallest absolute Gasteiger partial charge is 0.268 e. The molecule has 3 nitrogen and oxygen atoms in total. The number of aromatic nitrogens is 1. The minimum absolute atomic E-state index is 0.0626. The second-order valence-corrected chi connectivity index (χ2v) is 5.51. The largest absolute Gasteiger partial charge is 0.301 e. The number of hydrogen-bond donors (Lipinski definition) is 0. The van der Waals surface area contributed by atoms with Crippen LogP contribution >= 0.6 is 11.3 Å². The molecule has 0 saturated heterocycles. The molecule has 0 aliphatic rings. The van der Waals surface area contributed by atoms with E-state index in [-0.39, 0.29) is 5.56 Å². The van der Waals surface area contributed by atoms with Crippen LogP contribution in [0.15, 0.2) is 23.0 Å². The predicted octanol–water partition coefficient (Wildman–Crippen LogP) is 1.20. The SMILES string of the molecule is Cc1ccc(C)c(/C=c2\s/c(=C\C#N)n(C)c2=O)c1. The minimum Gasteiger partial charge on any atom is -0.301 e.